The summed E-state index contributed by atoms with van der Waals surface area (Å²) in [5.74, 6) is -0.981. The SMILES string of the molecule is C1CO1.C=CC(=O)O.OCC(O)CO. The van der Waals surface area contributed by atoms with E-state index < -0.39 is 12.1 Å². The van der Waals surface area contributed by atoms with Gasteiger partial charge < -0.3 is 25.2 Å². The maximum absolute atomic E-state index is 9.25. The lowest BCUT2D eigenvalue weighted by Gasteiger charge is -1.96. The Balaban J connectivity index is 0. The molecule has 6 nitrogen and oxygen atoms in total. The number of carboxylic acid groups (broad SMARTS) is 1. The molecular weight excluding hydrogens is 192 g/mol. The van der Waals surface area contributed by atoms with Gasteiger partial charge in [0.2, 0.25) is 0 Å². The lowest BCUT2D eigenvalue weighted by molar-refractivity contribution is -0.131. The van der Waals surface area contributed by atoms with Crippen LogP contribution in [0, 0.1) is 0 Å². The molecule has 1 heterocycles. The quantitative estimate of drug-likeness (QED) is 0.335. The number of ether oxygens (including phenoxy) is 1. The zero-order valence-corrected chi connectivity index (χ0v) is 7.80. The molecule has 1 fully saturated rings. The van der Waals surface area contributed by atoms with E-state index in [9.17, 15) is 4.79 Å². The van der Waals surface area contributed by atoms with Crippen LogP contribution in [0.15, 0.2) is 12.7 Å². The Bertz CT molecular complexity index is 138. The topological polar surface area (TPSA) is 111 Å². The molecule has 0 amide bonds. The molecule has 0 spiro atoms. The van der Waals surface area contributed by atoms with E-state index in [4.69, 9.17) is 20.4 Å². The van der Waals surface area contributed by atoms with Gasteiger partial charge in [0.05, 0.1) is 26.4 Å². The number of rotatable bonds is 3. The Morgan fingerprint density at radius 1 is 1.43 bits per heavy atom. The predicted octanol–water partition coefficient (Wildman–Crippen LogP) is -1.39. The summed E-state index contributed by atoms with van der Waals surface area (Å²) in [6.45, 7) is 4.23. The van der Waals surface area contributed by atoms with Gasteiger partial charge in [0.25, 0.3) is 0 Å². The van der Waals surface area contributed by atoms with Gasteiger partial charge in [-0.05, 0) is 0 Å². The highest BCUT2D eigenvalue weighted by Crippen LogP contribution is 1.84. The summed E-state index contributed by atoms with van der Waals surface area (Å²) in [4.78, 5) is 9.25. The van der Waals surface area contributed by atoms with Crippen molar-refractivity contribution in [2.24, 2.45) is 0 Å². The van der Waals surface area contributed by atoms with Crippen LogP contribution in [-0.2, 0) is 9.53 Å². The molecule has 0 aromatic rings. The summed E-state index contributed by atoms with van der Waals surface area (Å²) >= 11 is 0. The van der Waals surface area contributed by atoms with Gasteiger partial charge in [0, 0.05) is 6.08 Å². The maximum atomic E-state index is 9.25. The second kappa shape index (κ2) is 12.0. The number of aliphatic hydroxyl groups is 3. The minimum absolute atomic E-state index is 0.365. The molecule has 84 valence electrons. The Morgan fingerprint density at radius 2 is 1.71 bits per heavy atom. The van der Waals surface area contributed by atoms with E-state index in [2.05, 4.69) is 11.3 Å². The van der Waals surface area contributed by atoms with Crippen LogP contribution in [0.3, 0.4) is 0 Å². The molecule has 0 saturated carbocycles. The third kappa shape index (κ3) is 30.5. The molecule has 0 aliphatic carbocycles. The molecule has 1 saturated heterocycles. The maximum Gasteiger partial charge on any atom is 0.327 e. The highest BCUT2D eigenvalue weighted by Gasteiger charge is 1.94. The van der Waals surface area contributed by atoms with Gasteiger partial charge in [-0.15, -0.1) is 0 Å². The Hall–Kier alpha value is -0.950. The van der Waals surface area contributed by atoms with Crippen molar-refractivity contribution < 1.29 is 30.0 Å². The van der Waals surface area contributed by atoms with Crippen molar-refractivity contribution in [1.82, 2.24) is 0 Å². The van der Waals surface area contributed by atoms with E-state index in [1.807, 2.05) is 0 Å². The van der Waals surface area contributed by atoms with Gasteiger partial charge in [0.1, 0.15) is 6.10 Å². The van der Waals surface area contributed by atoms with Gasteiger partial charge in [-0.2, -0.15) is 0 Å². The number of aliphatic hydroxyl groups excluding tert-OH is 3. The lowest BCUT2D eigenvalue weighted by Crippen LogP contribution is -2.15. The standard InChI is InChI=1S/C3H8O3.C3H4O2.C2H4O/c4-1-3(6)2-5;1-2-3(4)5;1-2-3-1/h3-6H,1-2H2;2H,1H2,(H,4,5);1-2H2. The highest BCUT2D eigenvalue weighted by molar-refractivity contribution is 5.78. The van der Waals surface area contributed by atoms with Crippen LogP contribution in [0.4, 0.5) is 0 Å². The number of hydrogen-bond donors (Lipinski definition) is 4. The largest absolute Gasteiger partial charge is 0.478 e. The average molecular weight is 208 g/mol. The van der Waals surface area contributed by atoms with E-state index in [-0.39, 0.29) is 13.2 Å². The zero-order valence-electron chi connectivity index (χ0n) is 7.80. The van der Waals surface area contributed by atoms with E-state index in [1.165, 1.54) is 0 Å². The second-order valence-electron chi connectivity index (χ2n) is 2.17. The summed E-state index contributed by atoms with van der Waals surface area (Å²) < 4.78 is 4.50. The second-order valence-corrected chi connectivity index (χ2v) is 2.17. The Kier molecular flexibility index (Phi) is 13.4. The van der Waals surface area contributed by atoms with Crippen molar-refractivity contribution in [2.75, 3.05) is 26.4 Å². The molecule has 4 N–H and O–H groups in total. The van der Waals surface area contributed by atoms with Crippen molar-refractivity contribution in [1.29, 1.82) is 0 Å². The number of aliphatic carboxylic acids is 1. The van der Waals surface area contributed by atoms with Crippen LogP contribution >= 0.6 is 0 Å². The van der Waals surface area contributed by atoms with E-state index >= 15 is 0 Å². The molecule has 0 unspecified atom stereocenters. The van der Waals surface area contributed by atoms with Crippen LogP contribution in [0.1, 0.15) is 0 Å². The van der Waals surface area contributed by atoms with E-state index in [1.54, 1.807) is 0 Å². The van der Waals surface area contributed by atoms with Crippen LogP contribution in [0.25, 0.3) is 0 Å². The van der Waals surface area contributed by atoms with Gasteiger partial charge in [-0.1, -0.05) is 6.58 Å². The number of epoxide rings is 1. The third-order valence-corrected chi connectivity index (χ3v) is 0.800. The normalized spacial score (nSPS) is 11.7. The van der Waals surface area contributed by atoms with Crippen LogP contribution in [0.2, 0.25) is 0 Å². The first-order valence-electron chi connectivity index (χ1n) is 3.91. The van der Waals surface area contributed by atoms with Crippen molar-refractivity contribution in [2.45, 2.75) is 6.10 Å². The number of hydrogen-bond acceptors (Lipinski definition) is 5. The smallest absolute Gasteiger partial charge is 0.327 e. The summed E-state index contributed by atoms with van der Waals surface area (Å²) in [5.41, 5.74) is 0. The van der Waals surface area contributed by atoms with Crippen molar-refractivity contribution in [3.63, 3.8) is 0 Å². The van der Waals surface area contributed by atoms with E-state index in [0.717, 1.165) is 19.3 Å². The summed E-state index contributed by atoms with van der Waals surface area (Å²) in [5, 5.41) is 31.6. The van der Waals surface area contributed by atoms with Gasteiger partial charge in [0.15, 0.2) is 0 Å². The molecule has 0 aromatic heterocycles. The van der Waals surface area contributed by atoms with Crippen LogP contribution in [0.5, 0.6) is 0 Å². The number of carboxylic acids is 1. The Labute approximate surface area is 82.1 Å². The lowest BCUT2D eigenvalue weighted by atomic mass is 10.4. The summed E-state index contributed by atoms with van der Waals surface area (Å²) in [7, 11) is 0. The zero-order chi connectivity index (χ0) is 11.4. The van der Waals surface area contributed by atoms with Gasteiger partial charge >= 0.3 is 5.97 Å². The third-order valence-electron chi connectivity index (χ3n) is 0.800. The fourth-order valence-electron chi connectivity index (χ4n) is 0.0577. The van der Waals surface area contributed by atoms with E-state index in [0.29, 0.717) is 0 Å². The molecule has 1 aliphatic heterocycles. The first-order valence-corrected chi connectivity index (χ1v) is 3.91. The molecule has 1 rings (SSSR count). The molecule has 0 radical (unpaired) electrons. The predicted molar refractivity (Wildman–Crippen MR) is 48.8 cm³/mol. The molecular formula is C8H16O6. The first-order chi connectivity index (χ1) is 6.58. The van der Waals surface area contributed by atoms with Crippen molar-refractivity contribution in [3.05, 3.63) is 12.7 Å². The molecule has 0 atom stereocenters. The van der Waals surface area contributed by atoms with Crippen LogP contribution < -0.4 is 0 Å². The molecule has 14 heavy (non-hydrogen) atoms. The fourth-order valence-corrected chi connectivity index (χ4v) is 0.0577. The summed E-state index contributed by atoms with van der Waals surface area (Å²) in [6, 6.07) is 0. The fraction of sp³-hybridized carbons (Fsp3) is 0.625. The molecule has 0 aromatic carbocycles. The van der Waals surface area contributed by atoms with Crippen LogP contribution in [-0.4, -0.2) is 58.9 Å². The van der Waals surface area contributed by atoms with Gasteiger partial charge in [-0.25, -0.2) is 4.79 Å². The molecule has 0 bridgehead atoms. The van der Waals surface area contributed by atoms with Gasteiger partial charge in [-0.3, -0.25) is 0 Å². The van der Waals surface area contributed by atoms with Crippen molar-refractivity contribution in [3.8, 4) is 0 Å². The minimum Gasteiger partial charge on any atom is -0.478 e. The first kappa shape index (κ1) is 15.5. The highest BCUT2D eigenvalue weighted by atomic mass is 16.6. The molecule has 1 aliphatic rings. The number of carbonyl (C=O) groups is 1. The summed E-state index contributed by atoms with van der Waals surface area (Å²) in [6.07, 6.45) is -0.120. The Morgan fingerprint density at radius 3 is 1.71 bits per heavy atom. The molecule has 6 heteroatoms. The minimum atomic E-state index is -0.981. The average Bonchev–Trinajstić information content (AvgIpc) is 3.04. The monoisotopic (exact) mass is 208 g/mol. The van der Waals surface area contributed by atoms with Crippen molar-refractivity contribution >= 4 is 5.97 Å².